The molecule has 23 heavy (non-hydrogen) atoms. The van der Waals surface area contributed by atoms with Crippen LogP contribution >= 0.6 is 0 Å². The van der Waals surface area contributed by atoms with Gasteiger partial charge in [0.05, 0.1) is 0 Å². The Morgan fingerprint density at radius 1 is 1.30 bits per heavy atom. The van der Waals surface area contributed by atoms with Crippen molar-refractivity contribution in [2.75, 3.05) is 0 Å². The molecule has 0 bridgehead atoms. The second-order valence-corrected chi connectivity index (χ2v) is 8.04. The number of hydrogen-bond donors (Lipinski definition) is 1. The van der Waals surface area contributed by atoms with Gasteiger partial charge in [-0.25, -0.2) is 0 Å². The van der Waals surface area contributed by atoms with E-state index in [0.717, 1.165) is 38.5 Å². The molecule has 2 nitrogen and oxygen atoms in total. The van der Waals surface area contributed by atoms with Crippen LogP contribution in [0.1, 0.15) is 51.9 Å². The third-order valence-electron chi connectivity index (χ3n) is 7.54. The lowest BCUT2D eigenvalue weighted by Gasteiger charge is -2.55. The first-order valence-electron chi connectivity index (χ1n) is 9.17. The minimum absolute atomic E-state index is 0.172. The van der Waals surface area contributed by atoms with Gasteiger partial charge in [-0.15, -0.1) is 6.42 Å². The SMILES string of the molecule is C#C[C@]1(O)C=C[C@H]2[C@@H]3CCC4=CC(=O)CC[C@@H]4[C@H]3CCC21CC. The summed E-state index contributed by atoms with van der Waals surface area (Å²) in [6, 6.07) is 0. The molecule has 6 atom stereocenters. The van der Waals surface area contributed by atoms with Gasteiger partial charge in [0.15, 0.2) is 5.78 Å². The monoisotopic (exact) mass is 310 g/mol. The van der Waals surface area contributed by atoms with Crippen molar-refractivity contribution in [3.8, 4) is 12.3 Å². The van der Waals surface area contributed by atoms with Crippen LogP contribution in [0, 0.1) is 41.4 Å². The Morgan fingerprint density at radius 3 is 2.87 bits per heavy atom. The molecule has 4 rings (SSSR count). The van der Waals surface area contributed by atoms with Gasteiger partial charge in [-0.05, 0) is 74.3 Å². The normalized spacial score (nSPS) is 48.0. The molecule has 1 unspecified atom stereocenters. The van der Waals surface area contributed by atoms with Crippen molar-refractivity contribution in [3.63, 3.8) is 0 Å². The summed E-state index contributed by atoms with van der Waals surface area (Å²) in [7, 11) is 0. The van der Waals surface area contributed by atoms with Gasteiger partial charge in [0.2, 0.25) is 0 Å². The number of hydrogen-bond acceptors (Lipinski definition) is 2. The van der Waals surface area contributed by atoms with Crippen LogP contribution in [0.2, 0.25) is 0 Å². The van der Waals surface area contributed by atoms with E-state index in [1.807, 2.05) is 12.2 Å². The van der Waals surface area contributed by atoms with E-state index in [-0.39, 0.29) is 5.41 Å². The third-order valence-corrected chi connectivity index (χ3v) is 7.54. The summed E-state index contributed by atoms with van der Waals surface area (Å²) in [5.74, 6) is 5.28. The Hall–Kier alpha value is -1.33. The molecule has 122 valence electrons. The number of terminal acetylenes is 1. The van der Waals surface area contributed by atoms with E-state index in [1.165, 1.54) is 5.57 Å². The fourth-order valence-electron chi connectivity index (χ4n) is 6.38. The van der Waals surface area contributed by atoms with E-state index in [2.05, 4.69) is 18.9 Å². The van der Waals surface area contributed by atoms with Gasteiger partial charge in [-0.3, -0.25) is 4.79 Å². The highest BCUT2D eigenvalue weighted by atomic mass is 16.3. The molecule has 0 saturated heterocycles. The molecule has 4 aliphatic carbocycles. The predicted molar refractivity (Wildman–Crippen MR) is 90.4 cm³/mol. The number of aliphatic hydroxyl groups is 1. The van der Waals surface area contributed by atoms with Crippen molar-refractivity contribution in [1.82, 2.24) is 0 Å². The molecule has 4 aliphatic rings. The average Bonchev–Trinajstić information content (AvgIpc) is 2.88. The molecular weight excluding hydrogens is 284 g/mol. The highest BCUT2D eigenvalue weighted by Crippen LogP contribution is 2.63. The summed E-state index contributed by atoms with van der Waals surface area (Å²) in [6.45, 7) is 2.18. The second-order valence-electron chi connectivity index (χ2n) is 8.04. The average molecular weight is 310 g/mol. The van der Waals surface area contributed by atoms with Crippen molar-refractivity contribution < 1.29 is 9.90 Å². The Balaban J connectivity index is 1.69. The minimum atomic E-state index is -1.07. The smallest absolute Gasteiger partial charge is 0.155 e. The Kier molecular flexibility index (Phi) is 3.36. The maximum atomic E-state index is 11.7. The van der Waals surface area contributed by atoms with Gasteiger partial charge in [0, 0.05) is 11.8 Å². The number of fused-ring (bicyclic) bond motifs is 5. The van der Waals surface area contributed by atoms with Gasteiger partial charge in [-0.2, -0.15) is 0 Å². The standard InChI is InChI=1S/C21H26O2/c1-3-20-11-9-17-16-8-6-15(22)13-14(16)5-7-18(17)19(20)10-12-21(20,23)4-2/h2,10,12-13,16-19,23H,3,5-9,11H2,1H3/t16-,17+,18+,19-,20?,21-/m0/s1. The van der Waals surface area contributed by atoms with Crippen LogP contribution in [0.25, 0.3) is 0 Å². The van der Waals surface area contributed by atoms with E-state index < -0.39 is 5.60 Å². The van der Waals surface area contributed by atoms with Crippen LogP contribution < -0.4 is 0 Å². The molecule has 0 aromatic carbocycles. The molecule has 0 aromatic heterocycles. The minimum Gasteiger partial charge on any atom is -0.373 e. The molecule has 0 radical (unpaired) electrons. The molecule has 0 aliphatic heterocycles. The molecule has 1 N–H and O–H groups in total. The first-order chi connectivity index (χ1) is 11.0. The summed E-state index contributed by atoms with van der Waals surface area (Å²) in [4.78, 5) is 11.7. The highest BCUT2D eigenvalue weighted by molar-refractivity contribution is 5.91. The van der Waals surface area contributed by atoms with Gasteiger partial charge in [0.1, 0.15) is 5.60 Å². The van der Waals surface area contributed by atoms with Crippen molar-refractivity contribution in [1.29, 1.82) is 0 Å². The molecule has 0 amide bonds. The van der Waals surface area contributed by atoms with Crippen molar-refractivity contribution in [2.45, 2.75) is 57.5 Å². The van der Waals surface area contributed by atoms with Gasteiger partial charge in [0.25, 0.3) is 0 Å². The van der Waals surface area contributed by atoms with E-state index in [1.54, 1.807) is 0 Å². The quantitative estimate of drug-likeness (QED) is 0.593. The topological polar surface area (TPSA) is 37.3 Å². The maximum Gasteiger partial charge on any atom is 0.155 e. The fraction of sp³-hybridized carbons (Fsp3) is 0.667. The molecule has 2 fully saturated rings. The zero-order chi connectivity index (χ0) is 16.2. The van der Waals surface area contributed by atoms with Crippen LogP contribution in [-0.2, 0) is 4.79 Å². The Labute approximate surface area is 139 Å². The number of carbonyl (C=O) groups excluding carboxylic acids is 1. The van der Waals surface area contributed by atoms with Gasteiger partial charge < -0.3 is 5.11 Å². The molecule has 2 heteroatoms. The van der Waals surface area contributed by atoms with Gasteiger partial charge in [-0.1, -0.05) is 24.5 Å². The fourth-order valence-corrected chi connectivity index (χ4v) is 6.38. The molecule has 0 spiro atoms. The molecule has 2 saturated carbocycles. The third kappa shape index (κ3) is 1.89. The lowest BCUT2D eigenvalue weighted by molar-refractivity contribution is -0.116. The van der Waals surface area contributed by atoms with Crippen LogP contribution in [0.5, 0.6) is 0 Å². The van der Waals surface area contributed by atoms with E-state index >= 15 is 0 Å². The Bertz CT molecular complexity index is 637. The lowest BCUT2D eigenvalue weighted by atomic mass is 9.49. The van der Waals surface area contributed by atoms with Crippen molar-refractivity contribution in [2.24, 2.45) is 29.1 Å². The first-order valence-corrected chi connectivity index (χ1v) is 9.17. The van der Waals surface area contributed by atoms with Crippen LogP contribution in [-0.4, -0.2) is 16.5 Å². The van der Waals surface area contributed by atoms with E-state index in [4.69, 9.17) is 6.42 Å². The summed E-state index contributed by atoms with van der Waals surface area (Å²) in [6.07, 6.45) is 18.8. The van der Waals surface area contributed by atoms with E-state index in [0.29, 0.717) is 35.9 Å². The summed E-state index contributed by atoms with van der Waals surface area (Å²) in [5.41, 5.74) is 0.158. The summed E-state index contributed by atoms with van der Waals surface area (Å²) in [5, 5.41) is 11.0. The first kappa shape index (κ1) is 15.2. The molecular formula is C21H26O2. The number of carbonyl (C=O) groups is 1. The number of allylic oxidation sites excluding steroid dienone is 3. The van der Waals surface area contributed by atoms with Crippen LogP contribution in [0.4, 0.5) is 0 Å². The predicted octanol–water partition coefficient (Wildman–Crippen LogP) is 3.66. The summed E-state index contributed by atoms with van der Waals surface area (Å²) < 4.78 is 0. The zero-order valence-corrected chi connectivity index (χ0v) is 13.9. The zero-order valence-electron chi connectivity index (χ0n) is 13.9. The van der Waals surface area contributed by atoms with Crippen molar-refractivity contribution >= 4 is 5.78 Å². The highest BCUT2D eigenvalue weighted by Gasteiger charge is 2.61. The Morgan fingerprint density at radius 2 is 2.13 bits per heavy atom. The molecule has 0 heterocycles. The van der Waals surface area contributed by atoms with E-state index in [9.17, 15) is 9.90 Å². The number of ketones is 1. The summed E-state index contributed by atoms with van der Waals surface area (Å²) >= 11 is 0. The largest absolute Gasteiger partial charge is 0.373 e. The number of rotatable bonds is 1. The molecule has 0 aromatic rings. The van der Waals surface area contributed by atoms with Crippen LogP contribution in [0.15, 0.2) is 23.8 Å². The van der Waals surface area contributed by atoms with Crippen LogP contribution in [0.3, 0.4) is 0 Å². The second kappa shape index (κ2) is 5.08. The van der Waals surface area contributed by atoms with Crippen molar-refractivity contribution in [3.05, 3.63) is 23.8 Å². The maximum absolute atomic E-state index is 11.7. The van der Waals surface area contributed by atoms with Gasteiger partial charge >= 0.3 is 0 Å². The lowest BCUT2D eigenvalue weighted by Crippen LogP contribution is -2.54.